The predicted molar refractivity (Wildman–Crippen MR) is 77.2 cm³/mol. The second-order valence-electron chi connectivity index (χ2n) is 5.36. The molecule has 2 atom stereocenters. The first-order valence-electron chi connectivity index (χ1n) is 7.11. The highest BCUT2D eigenvalue weighted by Crippen LogP contribution is 2.27. The Bertz CT molecular complexity index is 350. The highest BCUT2D eigenvalue weighted by Gasteiger charge is 2.20. The topological polar surface area (TPSA) is 29.3 Å². The zero-order valence-electron chi connectivity index (χ0n) is 11.4. The van der Waals surface area contributed by atoms with Crippen LogP contribution in [-0.4, -0.2) is 18.0 Å². The van der Waals surface area contributed by atoms with Crippen molar-refractivity contribution < 1.29 is 0 Å². The lowest BCUT2D eigenvalue weighted by Crippen LogP contribution is -2.33. The first-order chi connectivity index (χ1) is 8.72. The zero-order valence-corrected chi connectivity index (χ0v) is 11.4. The molecule has 0 amide bonds. The van der Waals surface area contributed by atoms with Gasteiger partial charge in [-0.05, 0) is 50.4 Å². The van der Waals surface area contributed by atoms with E-state index in [0.29, 0.717) is 6.04 Å². The summed E-state index contributed by atoms with van der Waals surface area (Å²) in [4.78, 5) is 2.58. The van der Waals surface area contributed by atoms with Crippen LogP contribution in [0.3, 0.4) is 0 Å². The van der Waals surface area contributed by atoms with Gasteiger partial charge in [-0.1, -0.05) is 37.6 Å². The molecule has 0 aromatic heterocycles. The molecule has 1 fully saturated rings. The molecule has 2 nitrogen and oxygen atoms in total. The molecule has 0 aliphatic carbocycles. The lowest BCUT2D eigenvalue weighted by Gasteiger charge is -2.34. The Morgan fingerprint density at radius 1 is 1.11 bits per heavy atom. The van der Waals surface area contributed by atoms with Crippen molar-refractivity contribution in [3.05, 3.63) is 42.3 Å². The van der Waals surface area contributed by atoms with Crippen LogP contribution in [0, 0.1) is 6.92 Å². The molecule has 99 valence electrons. The third kappa shape index (κ3) is 3.12. The summed E-state index contributed by atoms with van der Waals surface area (Å²) in [5.41, 5.74) is 8.49. The number of hydrogen-bond donors (Lipinski definition) is 1. The summed E-state index contributed by atoms with van der Waals surface area (Å²) in [5, 5.41) is 0. The van der Waals surface area contributed by atoms with E-state index in [-0.39, 0.29) is 6.04 Å². The van der Waals surface area contributed by atoms with Crippen molar-refractivity contribution in [2.24, 2.45) is 5.73 Å². The molecule has 18 heavy (non-hydrogen) atoms. The van der Waals surface area contributed by atoms with Gasteiger partial charge in [-0.25, -0.2) is 0 Å². The van der Waals surface area contributed by atoms with Crippen LogP contribution in [0.15, 0.2) is 24.3 Å². The molecule has 0 spiro atoms. The van der Waals surface area contributed by atoms with Crippen LogP contribution < -0.4 is 5.73 Å². The molecule has 0 saturated carbocycles. The molecule has 2 N–H and O–H groups in total. The Morgan fingerprint density at radius 3 is 2.17 bits per heavy atom. The minimum absolute atomic E-state index is 0.118. The van der Waals surface area contributed by atoms with E-state index in [1.165, 1.54) is 43.5 Å². The largest absolute Gasteiger partial charge is 0.324 e. The quantitative estimate of drug-likeness (QED) is 0.880. The standard InChI is InChI=1S/C16H25N2/c1-3-16(18-11-5-4-6-12-18)15-9-7-14(8-10-15)13(2)17/h7-10,13,16H,1,3-6,11-12,17H2,2H3/t13-,16-/m0/s1. The van der Waals surface area contributed by atoms with Crippen molar-refractivity contribution in [3.8, 4) is 0 Å². The lowest BCUT2D eigenvalue weighted by atomic mass is 9.97. The molecular formula is C16H25N2. The maximum absolute atomic E-state index is 5.89. The SMILES string of the molecule is [CH2]C[C@@H](c1ccc([C@H](C)N)cc1)N1CCCCC1. The van der Waals surface area contributed by atoms with Gasteiger partial charge in [-0.3, -0.25) is 4.90 Å². The Kier molecular flexibility index (Phi) is 4.79. The molecular weight excluding hydrogens is 220 g/mol. The van der Waals surface area contributed by atoms with Gasteiger partial charge in [0.05, 0.1) is 0 Å². The number of nitrogens with zero attached hydrogens (tertiary/aromatic N) is 1. The molecule has 1 radical (unpaired) electrons. The fourth-order valence-electron chi connectivity index (χ4n) is 2.81. The Morgan fingerprint density at radius 2 is 1.67 bits per heavy atom. The van der Waals surface area contributed by atoms with Gasteiger partial charge in [0.1, 0.15) is 0 Å². The van der Waals surface area contributed by atoms with Crippen LogP contribution in [0.4, 0.5) is 0 Å². The number of nitrogens with two attached hydrogens (primary N) is 1. The van der Waals surface area contributed by atoms with Crippen LogP contribution in [0.5, 0.6) is 0 Å². The highest BCUT2D eigenvalue weighted by molar-refractivity contribution is 5.27. The van der Waals surface area contributed by atoms with Crippen LogP contribution in [0.25, 0.3) is 0 Å². The molecule has 0 bridgehead atoms. The Balaban J connectivity index is 2.11. The summed E-state index contributed by atoms with van der Waals surface area (Å²) in [5.74, 6) is 0. The summed E-state index contributed by atoms with van der Waals surface area (Å²) >= 11 is 0. The first-order valence-corrected chi connectivity index (χ1v) is 7.11. The summed E-state index contributed by atoms with van der Waals surface area (Å²) in [6.45, 7) is 8.59. The van der Waals surface area contributed by atoms with E-state index in [9.17, 15) is 0 Å². The van der Waals surface area contributed by atoms with Gasteiger partial charge < -0.3 is 5.73 Å². The van der Waals surface area contributed by atoms with Crippen LogP contribution >= 0.6 is 0 Å². The van der Waals surface area contributed by atoms with Crippen molar-refractivity contribution in [3.63, 3.8) is 0 Å². The van der Waals surface area contributed by atoms with Crippen LogP contribution in [-0.2, 0) is 0 Å². The number of hydrogen-bond acceptors (Lipinski definition) is 2. The summed E-state index contributed by atoms with van der Waals surface area (Å²) in [7, 11) is 0. The zero-order chi connectivity index (χ0) is 13.0. The van der Waals surface area contributed by atoms with Gasteiger partial charge >= 0.3 is 0 Å². The van der Waals surface area contributed by atoms with Crippen molar-refractivity contribution in [2.75, 3.05) is 13.1 Å². The minimum Gasteiger partial charge on any atom is -0.324 e. The Labute approximate surface area is 111 Å². The molecule has 1 aromatic carbocycles. The van der Waals surface area contributed by atoms with Crippen molar-refractivity contribution in [1.82, 2.24) is 4.90 Å². The number of likely N-dealkylation sites (tertiary alicyclic amines) is 1. The van der Waals surface area contributed by atoms with Gasteiger partial charge in [0.15, 0.2) is 0 Å². The van der Waals surface area contributed by atoms with Gasteiger partial charge in [0.25, 0.3) is 0 Å². The van der Waals surface area contributed by atoms with Crippen molar-refractivity contribution in [1.29, 1.82) is 0 Å². The fourth-order valence-corrected chi connectivity index (χ4v) is 2.81. The van der Waals surface area contributed by atoms with E-state index in [1.54, 1.807) is 0 Å². The van der Waals surface area contributed by atoms with Gasteiger partial charge in [-0.15, -0.1) is 0 Å². The van der Waals surface area contributed by atoms with Gasteiger partial charge in [0, 0.05) is 12.1 Å². The van der Waals surface area contributed by atoms with E-state index < -0.39 is 0 Å². The second-order valence-corrected chi connectivity index (χ2v) is 5.36. The van der Waals surface area contributed by atoms with E-state index in [1.807, 2.05) is 6.92 Å². The van der Waals surface area contributed by atoms with Crippen LogP contribution in [0.1, 0.15) is 55.8 Å². The molecule has 0 unspecified atom stereocenters. The molecule has 1 saturated heterocycles. The normalized spacial score (nSPS) is 20.6. The van der Waals surface area contributed by atoms with E-state index in [4.69, 9.17) is 5.73 Å². The minimum atomic E-state index is 0.118. The average molecular weight is 245 g/mol. The maximum atomic E-state index is 5.89. The smallest absolute Gasteiger partial charge is 0.0348 e. The number of rotatable bonds is 4. The van der Waals surface area contributed by atoms with E-state index >= 15 is 0 Å². The number of piperidine rings is 1. The summed E-state index contributed by atoms with van der Waals surface area (Å²) in [6.07, 6.45) is 4.98. The molecule has 1 aliphatic rings. The van der Waals surface area contributed by atoms with E-state index in [0.717, 1.165) is 6.42 Å². The molecule has 1 aliphatic heterocycles. The third-order valence-electron chi connectivity index (χ3n) is 3.95. The summed E-state index contributed by atoms with van der Waals surface area (Å²) < 4.78 is 0. The summed E-state index contributed by atoms with van der Waals surface area (Å²) in [6, 6.07) is 9.37. The average Bonchev–Trinajstić information content (AvgIpc) is 2.41. The second kappa shape index (κ2) is 6.35. The molecule has 2 heteroatoms. The molecule has 2 rings (SSSR count). The fraction of sp³-hybridized carbons (Fsp3) is 0.562. The first kappa shape index (κ1) is 13.6. The molecule has 1 heterocycles. The van der Waals surface area contributed by atoms with Crippen molar-refractivity contribution in [2.45, 2.75) is 44.7 Å². The third-order valence-corrected chi connectivity index (χ3v) is 3.95. The predicted octanol–water partition coefficient (Wildman–Crippen LogP) is 3.46. The highest BCUT2D eigenvalue weighted by atomic mass is 15.2. The van der Waals surface area contributed by atoms with E-state index in [2.05, 4.69) is 36.1 Å². The van der Waals surface area contributed by atoms with Crippen LogP contribution in [0.2, 0.25) is 0 Å². The monoisotopic (exact) mass is 245 g/mol. The molecule has 1 aromatic rings. The van der Waals surface area contributed by atoms with Gasteiger partial charge in [0.2, 0.25) is 0 Å². The Hall–Kier alpha value is -0.860. The van der Waals surface area contributed by atoms with Gasteiger partial charge in [-0.2, -0.15) is 0 Å². The van der Waals surface area contributed by atoms with Crippen molar-refractivity contribution >= 4 is 0 Å². The number of benzene rings is 1. The lowest BCUT2D eigenvalue weighted by molar-refractivity contribution is 0.164. The maximum Gasteiger partial charge on any atom is 0.0348 e.